The molecular weight excluding hydrogens is 964 g/mol. The summed E-state index contributed by atoms with van der Waals surface area (Å²) in [6, 6.07) is 21.9. The number of piperidine rings is 2. The quantitative estimate of drug-likeness (QED) is 0.0323. The van der Waals surface area contributed by atoms with Gasteiger partial charge in [-0.1, -0.05) is 47.5 Å². The number of carbonyl (C=O) groups excluding carboxylic acids is 2. The maximum Gasteiger partial charge on any atom is 0.255 e. The number of ether oxygens (including phenoxy) is 4. The van der Waals surface area contributed by atoms with E-state index in [2.05, 4.69) is 51.0 Å². The van der Waals surface area contributed by atoms with Crippen LogP contribution in [-0.2, 0) is 9.47 Å². The maximum absolute atomic E-state index is 12.9. The van der Waals surface area contributed by atoms with Gasteiger partial charge in [-0.15, -0.1) is 0 Å². The molecule has 72 heavy (non-hydrogen) atoms. The Bertz CT molecular complexity index is 2440. The fourth-order valence-corrected chi connectivity index (χ4v) is 8.92. The van der Waals surface area contributed by atoms with Crippen molar-refractivity contribution in [2.45, 2.75) is 69.9 Å². The lowest BCUT2D eigenvalue weighted by atomic mass is 10.0. The molecule has 2 saturated heterocycles. The van der Waals surface area contributed by atoms with Crippen LogP contribution in [0.15, 0.2) is 72.8 Å². The van der Waals surface area contributed by atoms with Gasteiger partial charge in [0.25, 0.3) is 11.8 Å². The van der Waals surface area contributed by atoms with Gasteiger partial charge in [-0.2, -0.15) is 0 Å². The molecule has 390 valence electrons. The number of hydrogen-bond donors (Lipinski definition) is 9. The van der Waals surface area contributed by atoms with Crippen molar-refractivity contribution in [3.8, 4) is 11.5 Å². The van der Waals surface area contributed by atoms with E-state index in [0.717, 1.165) is 112 Å². The van der Waals surface area contributed by atoms with Crippen molar-refractivity contribution in [2.24, 2.45) is 0 Å². The number of H-pyrrole nitrogens is 2. The molecule has 6 aromatic rings. The fourth-order valence-electron chi connectivity index (χ4n) is 8.59. The molecule has 0 spiro atoms. The van der Waals surface area contributed by atoms with E-state index >= 15 is 0 Å². The van der Waals surface area contributed by atoms with Crippen LogP contribution in [0.25, 0.3) is 22.1 Å². The largest absolute Gasteiger partial charge is 0.496 e. The van der Waals surface area contributed by atoms with Crippen molar-refractivity contribution >= 4 is 80.4 Å². The number of rotatable bonds is 18. The number of nitrogens with one attached hydrogen (secondary N) is 6. The number of benzene rings is 4. The fraction of sp³-hybridized carbons (Fsp3) is 0.451. The van der Waals surface area contributed by atoms with E-state index in [4.69, 9.17) is 58.7 Å². The topological polar surface area (TPSA) is 255 Å². The Labute approximate surface area is 431 Å². The molecule has 0 bridgehead atoms. The normalized spacial score (nSPS) is 18.1. The minimum absolute atomic E-state index is 0.108. The Hall–Kier alpha value is -6.06. The van der Waals surface area contributed by atoms with Crippen molar-refractivity contribution in [3.63, 3.8) is 0 Å². The first-order valence-electron chi connectivity index (χ1n) is 24.1. The number of aromatic amines is 2. The summed E-state index contributed by atoms with van der Waals surface area (Å²) in [4.78, 5) is 46.2. The molecule has 2 aromatic heterocycles. The van der Waals surface area contributed by atoms with E-state index in [-0.39, 0.29) is 42.2 Å². The molecule has 0 saturated carbocycles. The zero-order valence-electron chi connectivity index (χ0n) is 41.9. The molecule has 0 unspecified atom stereocenters. The Balaban J connectivity index is 0.000000219. The van der Waals surface area contributed by atoms with Crippen LogP contribution in [0.4, 0.5) is 23.3 Å². The van der Waals surface area contributed by atoms with Gasteiger partial charge in [0.1, 0.15) is 11.5 Å². The number of nitrogens with two attached hydrogens (primary N) is 2. The molecule has 4 atom stereocenters. The zero-order valence-corrected chi connectivity index (χ0v) is 43.4. The number of aliphatic hydroxyl groups excluding tert-OH is 1. The second-order valence-electron chi connectivity index (χ2n) is 17.9. The van der Waals surface area contributed by atoms with E-state index in [1.807, 2.05) is 48.5 Å². The first kappa shape index (κ1) is 55.3. The first-order chi connectivity index (χ1) is 34.7. The molecule has 8 rings (SSSR count). The summed E-state index contributed by atoms with van der Waals surface area (Å²) in [5.74, 6) is 1.85. The number of amides is 2. The van der Waals surface area contributed by atoms with E-state index in [0.29, 0.717) is 44.0 Å². The van der Waals surface area contributed by atoms with Crippen LogP contribution in [-0.4, -0.2) is 158 Å². The molecule has 2 amide bonds. The van der Waals surface area contributed by atoms with Crippen molar-refractivity contribution in [1.29, 1.82) is 0 Å². The monoisotopic (exact) mass is 1030 g/mol. The number of aliphatic hydroxyl groups is 1. The Morgan fingerprint density at radius 2 is 1.08 bits per heavy atom. The van der Waals surface area contributed by atoms with Crippen molar-refractivity contribution < 1.29 is 33.6 Å². The predicted molar refractivity (Wildman–Crippen MR) is 287 cm³/mol. The highest BCUT2D eigenvalue weighted by atomic mass is 35.5. The SMILES string of the molecule is CC(C)O.COc1cc(N)c(Cl)cc1C(=O)N[C@@H]1CCN(CCCNc2nc3ccccc3[nH]2)C[C@@H]1OC.COc1cc(N)c(Cl)cc1C(=O)N[C@@H]1CCN(CCCNc2nc3ccccc3[nH]2)C[C@@H]1OC. The molecule has 4 aromatic carbocycles. The van der Waals surface area contributed by atoms with Gasteiger partial charge in [0, 0.05) is 71.7 Å². The number of nitrogens with zero attached hydrogens (tertiary/aromatic N) is 4. The minimum atomic E-state index is -0.255. The number of methoxy groups -OCH3 is 4. The lowest BCUT2D eigenvalue weighted by molar-refractivity contribution is 0.00637. The molecule has 0 radical (unpaired) electrons. The number of para-hydroxylation sites is 4. The van der Waals surface area contributed by atoms with Gasteiger partial charge in [-0.25, -0.2) is 9.97 Å². The number of nitrogen functional groups attached to an aromatic ring is 2. The van der Waals surface area contributed by atoms with E-state index in [1.165, 1.54) is 26.4 Å². The van der Waals surface area contributed by atoms with Gasteiger partial charge in [-0.05, 0) is 89.0 Å². The summed E-state index contributed by atoms with van der Waals surface area (Å²) in [5, 5.41) is 21.6. The van der Waals surface area contributed by atoms with Crippen LogP contribution in [0.1, 0.15) is 60.2 Å². The van der Waals surface area contributed by atoms with E-state index in [9.17, 15) is 9.59 Å². The van der Waals surface area contributed by atoms with Crippen LogP contribution >= 0.6 is 23.2 Å². The highest BCUT2D eigenvalue weighted by molar-refractivity contribution is 6.34. The third kappa shape index (κ3) is 15.5. The molecule has 11 N–H and O–H groups in total. The zero-order chi connectivity index (χ0) is 51.7. The second kappa shape index (κ2) is 27.1. The van der Waals surface area contributed by atoms with Gasteiger partial charge in [0.2, 0.25) is 11.9 Å². The number of imidazole rings is 2. The number of carbonyl (C=O) groups is 2. The van der Waals surface area contributed by atoms with Crippen molar-refractivity contribution in [3.05, 3.63) is 94.0 Å². The summed E-state index contributed by atoms with van der Waals surface area (Å²) < 4.78 is 22.1. The number of aromatic nitrogens is 4. The summed E-state index contributed by atoms with van der Waals surface area (Å²) >= 11 is 12.2. The van der Waals surface area contributed by atoms with Gasteiger partial charge < -0.3 is 76.6 Å². The van der Waals surface area contributed by atoms with Crippen LogP contribution in [0, 0.1) is 0 Å². The maximum atomic E-state index is 12.9. The van der Waals surface area contributed by atoms with Crippen LogP contribution in [0.3, 0.4) is 0 Å². The van der Waals surface area contributed by atoms with Crippen molar-refractivity contribution in [2.75, 3.05) is 103 Å². The summed E-state index contributed by atoms with van der Waals surface area (Å²) in [5.41, 5.74) is 17.1. The number of likely N-dealkylation sites (tertiary alicyclic amines) is 2. The van der Waals surface area contributed by atoms with Gasteiger partial charge in [0.05, 0.1) is 93.1 Å². The highest BCUT2D eigenvalue weighted by Crippen LogP contribution is 2.31. The molecule has 4 heterocycles. The van der Waals surface area contributed by atoms with E-state index < -0.39 is 0 Å². The van der Waals surface area contributed by atoms with Crippen LogP contribution in [0.5, 0.6) is 11.5 Å². The molecule has 0 aliphatic carbocycles. The Morgan fingerprint density at radius 1 is 0.694 bits per heavy atom. The average Bonchev–Trinajstić information content (AvgIpc) is 4.00. The third-order valence-corrected chi connectivity index (χ3v) is 13.0. The summed E-state index contributed by atoms with van der Waals surface area (Å²) in [6.45, 7) is 10.1. The lowest BCUT2D eigenvalue weighted by Crippen LogP contribution is -2.55. The highest BCUT2D eigenvalue weighted by Gasteiger charge is 2.33. The first-order valence-corrected chi connectivity index (χ1v) is 24.9. The summed E-state index contributed by atoms with van der Waals surface area (Å²) in [6.07, 6.45) is 3.10. The van der Waals surface area contributed by atoms with Crippen LogP contribution in [0.2, 0.25) is 10.0 Å². The molecule has 19 nitrogen and oxygen atoms in total. The van der Waals surface area contributed by atoms with Gasteiger partial charge >= 0.3 is 0 Å². The number of hydrogen-bond acceptors (Lipinski definition) is 15. The van der Waals surface area contributed by atoms with Crippen LogP contribution < -0.4 is 42.2 Å². The number of fused-ring (bicyclic) bond motifs is 2. The third-order valence-electron chi connectivity index (χ3n) is 12.3. The Morgan fingerprint density at radius 3 is 1.44 bits per heavy atom. The molecular formula is C51H70Cl2N12O7. The van der Waals surface area contributed by atoms with Gasteiger partial charge in [0.15, 0.2) is 0 Å². The van der Waals surface area contributed by atoms with E-state index in [1.54, 1.807) is 40.2 Å². The van der Waals surface area contributed by atoms with Gasteiger partial charge in [-0.3, -0.25) is 9.59 Å². The second-order valence-corrected chi connectivity index (χ2v) is 18.7. The average molecular weight is 1030 g/mol. The summed E-state index contributed by atoms with van der Waals surface area (Å²) in [7, 11) is 6.35. The number of halogens is 2. The molecule has 21 heteroatoms. The minimum Gasteiger partial charge on any atom is -0.496 e. The Kier molecular flexibility index (Phi) is 20.8. The molecule has 2 fully saturated rings. The standard InChI is InChI=1S/2C24H31ClN6O3.C3H8O/c2*1-33-21-13-17(26)16(25)12-15(21)23(32)28-20-8-11-31(14-22(20)34-2)10-5-9-27-24-29-18-6-3-4-7-19(18)30-24;1-3(2)4/h2*3-4,6-7,12-13,20,22H,5,8-11,14,26H2,1-2H3,(H,28,32)(H2,27,29,30);3-4H,1-2H3/t2*20-,22+;/m11./s1. The molecule has 2 aliphatic heterocycles. The lowest BCUT2D eigenvalue weighted by Gasteiger charge is -2.38. The smallest absolute Gasteiger partial charge is 0.255 e. The predicted octanol–water partition coefficient (Wildman–Crippen LogP) is 6.64. The molecule has 2 aliphatic rings. The van der Waals surface area contributed by atoms with Crippen molar-refractivity contribution in [1.82, 2.24) is 40.4 Å². The number of anilines is 4.